The normalized spacial score (nSPS) is 15.6. The smallest absolute Gasteiger partial charge is 0.188 e. The zero-order valence-corrected chi connectivity index (χ0v) is 19.4. The van der Waals surface area contributed by atoms with Gasteiger partial charge < -0.3 is 15.8 Å². The topological polar surface area (TPSA) is 75.8 Å². The van der Waals surface area contributed by atoms with Crippen LogP contribution in [0.15, 0.2) is 53.7 Å². The molecule has 0 bridgehead atoms. The summed E-state index contributed by atoms with van der Waals surface area (Å²) < 4.78 is 5.22. The molecule has 0 saturated carbocycles. The maximum Gasteiger partial charge on any atom is 0.188 e. The Morgan fingerprint density at radius 1 is 1.21 bits per heavy atom. The number of guanidine groups is 1. The van der Waals surface area contributed by atoms with Crippen molar-refractivity contribution in [2.75, 3.05) is 33.3 Å². The number of aromatic nitrogens is 1. The molecule has 0 amide bonds. The zero-order valence-electron chi connectivity index (χ0n) is 17.1. The first-order valence-electron chi connectivity index (χ1n) is 10.0. The van der Waals surface area contributed by atoms with Gasteiger partial charge in [0, 0.05) is 37.9 Å². The van der Waals surface area contributed by atoms with Gasteiger partial charge in [0.05, 0.1) is 7.11 Å². The first-order valence-corrected chi connectivity index (χ1v) is 10.0. The molecular formula is C22H32IN5O. The highest BCUT2D eigenvalue weighted by Crippen LogP contribution is 2.20. The predicted molar refractivity (Wildman–Crippen MR) is 129 cm³/mol. The minimum atomic E-state index is 0. The standard InChI is InChI=1S/C22H31N5O.HI/c1-28-21-7-5-19(6-8-21)17-27-14-10-18(11-15-27)16-26-22(23)25-13-9-20-4-2-3-12-24-20;/h2-8,12,18H,9-11,13-17H2,1H3,(H3,23,25,26);1H. The highest BCUT2D eigenvalue weighted by molar-refractivity contribution is 14.0. The monoisotopic (exact) mass is 509 g/mol. The molecule has 158 valence electrons. The summed E-state index contributed by atoms with van der Waals surface area (Å²) in [6.45, 7) is 4.78. The molecule has 1 fully saturated rings. The summed E-state index contributed by atoms with van der Waals surface area (Å²) in [5, 5.41) is 3.19. The third-order valence-electron chi connectivity index (χ3n) is 5.21. The van der Waals surface area contributed by atoms with E-state index in [1.54, 1.807) is 7.11 Å². The molecule has 1 saturated heterocycles. The lowest BCUT2D eigenvalue weighted by Crippen LogP contribution is -2.36. The van der Waals surface area contributed by atoms with Gasteiger partial charge in [0.2, 0.25) is 0 Å². The van der Waals surface area contributed by atoms with Crippen LogP contribution in [-0.4, -0.2) is 49.1 Å². The van der Waals surface area contributed by atoms with E-state index in [0.29, 0.717) is 11.9 Å². The largest absolute Gasteiger partial charge is 0.497 e. The van der Waals surface area contributed by atoms with E-state index < -0.39 is 0 Å². The van der Waals surface area contributed by atoms with Gasteiger partial charge in [0.15, 0.2) is 5.96 Å². The summed E-state index contributed by atoms with van der Waals surface area (Å²) in [4.78, 5) is 11.4. The molecule has 2 aromatic rings. The molecule has 0 atom stereocenters. The van der Waals surface area contributed by atoms with Crippen molar-refractivity contribution in [2.45, 2.75) is 25.8 Å². The van der Waals surface area contributed by atoms with Crippen molar-refractivity contribution < 1.29 is 4.74 Å². The van der Waals surface area contributed by atoms with Crippen molar-refractivity contribution in [3.05, 3.63) is 59.9 Å². The first-order chi connectivity index (χ1) is 13.7. The number of benzene rings is 1. The summed E-state index contributed by atoms with van der Waals surface area (Å²) in [6, 6.07) is 14.3. The molecule has 1 aliphatic rings. The van der Waals surface area contributed by atoms with Gasteiger partial charge in [-0.25, -0.2) is 0 Å². The predicted octanol–water partition coefficient (Wildman–Crippen LogP) is 3.07. The average Bonchev–Trinajstić information content (AvgIpc) is 2.74. The van der Waals surface area contributed by atoms with E-state index in [0.717, 1.165) is 50.6 Å². The lowest BCUT2D eigenvalue weighted by Gasteiger charge is -2.31. The van der Waals surface area contributed by atoms with Crippen LogP contribution in [0.1, 0.15) is 24.1 Å². The lowest BCUT2D eigenvalue weighted by atomic mass is 9.96. The molecule has 1 aromatic heterocycles. The lowest BCUT2D eigenvalue weighted by molar-refractivity contribution is 0.180. The Hall–Kier alpha value is -1.87. The number of rotatable bonds is 8. The average molecular weight is 509 g/mol. The highest BCUT2D eigenvalue weighted by Gasteiger charge is 2.19. The van der Waals surface area contributed by atoms with Crippen LogP contribution in [0.2, 0.25) is 0 Å². The molecule has 7 heteroatoms. The molecule has 0 aliphatic carbocycles. The summed E-state index contributed by atoms with van der Waals surface area (Å²) in [5.41, 5.74) is 8.40. The zero-order chi connectivity index (χ0) is 19.6. The van der Waals surface area contributed by atoms with Crippen molar-refractivity contribution in [1.82, 2.24) is 15.2 Å². The van der Waals surface area contributed by atoms with Crippen LogP contribution in [0.3, 0.4) is 0 Å². The number of methoxy groups -OCH3 is 1. The quantitative estimate of drug-likeness (QED) is 0.325. The summed E-state index contributed by atoms with van der Waals surface area (Å²) in [5.74, 6) is 2.06. The minimum absolute atomic E-state index is 0. The van der Waals surface area contributed by atoms with Gasteiger partial charge in [-0.1, -0.05) is 18.2 Å². The summed E-state index contributed by atoms with van der Waals surface area (Å²) >= 11 is 0. The van der Waals surface area contributed by atoms with E-state index in [1.807, 2.05) is 36.5 Å². The number of ether oxygens (including phenoxy) is 1. The number of aliphatic imine (C=N–C) groups is 1. The van der Waals surface area contributed by atoms with Crippen molar-refractivity contribution in [2.24, 2.45) is 16.6 Å². The van der Waals surface area contributed by atoms with Crippen molar-refractivity contribution in [3.8, 4) is 5.75 Å². The summed E-state index contributed by atoms with van der Waals surface area (Å²) in [7, 11) is 1.70. The van der Waals surface area contributed by atoms with Gasteiger partial charge in [0.25, 0.3) is 0 Å². The van der Waals surface area contributed by atoms with Crippen molar-refractivity contribution in [1.29, 1.82) is 0 Å². The van der Waals surface area contributed by atoms with E-state index >= 15 is 0 Å². The van der Waals surface area contributed by atoms with Crippen molar-refractivity contribution >= 4 is 29.9 Å². The number of likely N-dealkylation sites (tertiary alicyclic amines) is 1. The van der Waals surface area contributed by atoms with E-state index in [9.17, 15) is 0 Å². The Bertz CT molecular complexity index is 731. The van der Waals surface area contributed by atoms with E-state index in [2.05, 4.69) is 32.3 Å². The molecular weight excluding hydrogens is 477 g/mol. The van der Waals surface area contributed by atoms with Gasteiger partial charge in [-0.05, 0) is 61.7 Å². The molecule has 3 rings (SSSR count). The third kappa shape index (κ3) is 8.18. The van der Waals surface area contributed by atoms with Crippen LogP contribution in [0, 0.1) is 5.92 Å². The molecule has 29 heavy (non-hydrogen) atoms. The Labute approximate surface area is 191 Å². The Balaban J connectivity index is 0.00000300. The highest BCUT2D eigenvalue weighted by atomic mass is 127. The second-order valence-corrected chi connectivity index (χ2v) is 7.29. The maximum atomic E-state index is 6.01. The van der Waals surface area contributed by atoms with E-state index in [1.165, 1.54) is 18.4 Å². The molecule has 0 radical (unpaired) electrons. The van der Waals surface area contributed by atoms with Crippen LogP contribution in [-0.2, 0) is 13.0 Å². The van der Waals surface area contributed by atoms with Gasteiger partial charge in [0.1, 0.15) is 5.75 Å². The number of hydrogen-bond donors (Lipinski definition) is 2. The molecule has 6 nitrogen and oxygen atoms in total. The number of nitrogens with two attached hydrogens (primary N) is 1. The minimum Gasteiger partial charge on any atom is -0.497 e. The molecule has 0 spiro atoms. The number of halogens is 1. The first kappa shape index (κ1) is 23.4. The van der Waals surface area contributed by atoms with Crippen LogP contribution in [0.4, 0.5) is 0 Å². The van der Waals surface area contributed by atoms with Crippen LogP contribution < -0.4 is 15.8 Å². The van der Waals surface area contributed by atoms with Gasteiger partial charge >= 0.3 is 0 Å². The number of pyridine rings is 1. The van der Waals surface area contributed by atoms with Gasteiger partial charge in [-0.15, -0.1) is 24.0 Å². The SMILES string of the molecule is COc1ccc(CN2CCC(CN=C(N)NCCc3ccccn3)CC2)cc1.I. The second kappa shape index (κ2) is 12.6. The van der Waals surface area contributed by atoms with Gasteiger partial charge in [-0.3, -0.25) is 14.9 Å². The Kier molecular flexibility index (Phi) is 10.2. The molecule has 1 aromatic carbocycles. The third-order valence-corrected chi connectivity index (χ3v) is 5.21. The molecule has 0 unspecified atom stereocenters. The number of piperidine rings is 1. The molecule has 3 N–H and O–H groups in total. The van der Waals surface area contributed by atoms with Gasteiger partial charge in [-0.2, -0.15) is 0 Å². The molecule has 2 heterocycles. The fraction of sp³-hybridized carbons (Fsp3) is 0.455. The fourth-order valence-electron chi connectivity index (χ4n) is 3.46. The maximum absolute atomic E-state index is 6.01. The number of nitrogens with zero attached hydrogens (tertiary/aromatic N) is 3. The summed E-state index contributed by atoms with van der Waals surface area (Å²) in [6.07, 6.45) is 5.00. The number of hydrogen-bond acceptors (Lipinski definition) is 4. The Morgan fingerprint density at radius 3 is 2.62 bits per heavy atom. The van der Waals surface area contributed by atoms with E-state index in [4.69, 9.17) is 10.5 Å². The fourth-order valence-corrected chi connectivity index (χ4v) is 3.46. The molecule has 1 aliphatic heterocycles. The van der Waals surface area contributed by atoms with Crippen LogP contribution in [0.25, 0.3) is 0 Å². The van der Waals surface area contributed by atoms with Crippen LogP contribution in [0.5, 0.6) is 5.75 Å². The van der Waals surface area contributed by atoms with Crippen molar-refractivity contribution in [3.63, 3.8) is 0 Å². The number of nitrogens with one attached hydrogen (secondary N) is 1. The van der Waals surface area contributed by atoms with E-state index in [-0.39, 0.29) is 24.0 Å². The Morgan fingerprint density at radius 2 is 1.97 bits per heavy atom. The second-order valence-electron chi connectivity index (χ2n) is 7.29. The van der Waals surface area contributed by atoms with Crippen LogP contribution >= 0.6 is 24.0 Å².